The molecule has 0 aromatic carbocycles. The Morgan fingerprint density at radius 1 is 1.00 bits per heavy atom. The van der Waals surface area contributed by atoms with E-state index in [-0.39, 0.29) is 17.0 Å². The molecule has 0 N–H and O–H groups in total. The van der Waals surface area contributed by atoms with Gasteiger partial charge in [0.2, 0.25) is 0 Å². The van der Waals surface area contributed by atoms with Crippen LogP contribution >= 0.6 is 22.6 Å². The summed E-state index contributed by atoms with van der Waals surface area (Å²) < 4.78 is 6.04. The van der Waals surface area contributed by atoms with E-state index in [9.17, 15) is 4.79 Å². The Hall–Kier alpha value is 0.200. The van der Waals surface area contributed by atoms with Gasteiger partial charge in [0.1, 0.15) is 9.02 Å². The van der Waals surface area contributed by atoms with Crippen molar-refractivity contribution >= 4 is 28.6 Å². The summed E-state index contributed by atoms with van der Waals surface area (Å²) >= 11 is 2.28. The van der Waals surface area contributed by atoms with Crippen molar-refractivity contribution in [2.75, 3.05) is 0 Å². The molecule has 3 heteroatoms. The predicted molar refractivity (Wildman–Crippen MR) is 103 cm³/mol. The van der Waals surface area contributed by atoms with E-state index < -0.39 is 3.42 Å². The largest absolute Gasteiger partial charge is 0.458 e. The zero-order valence-corrected chi connectivity index (χ0v) is 17.4. The van der Waals surface area contributed by atoms with Crippen LogP contribution in [0.25, 0.3) is 0 Å². The molecule has 4 aliphatic rings. The predicted octanol–water partition coefficient (Wildman–Crippen LogP) is 5.91. The maximum Gasteiger partial charge on any atom is 0.322 e. The first-order chi connectivity index (χ1) is 10.8. The number of alkyl halides is 1. The number of carbonyl (C=O) groups is 1. The normalized spacial score (nSPS) is 38.4. The molecule has 0 spiro atoms. The van der Waals surface area contributed by atoms with Gasteiger partial charge < -0.3 is 4.74 Å². The van der Waals surface area contributed by atoms with E-state index in [1.807, 2.05) is 6.92 Å². The van der Waals surface area contributed by atoms with Crippen LogP contribution in [0.15, 0.2) is 0 Å². The van der Waals surface area contributed by atoms with Crippen molar-refractivity contribution in [3.05, 3.63) is 0 Å². The zero-order valence-electron chi connectivity index (χ0n) is 15.3. The lowest BCUT2D eigenvalue weighted by molar-refractivity contribution is -0.213. The van der Waals surface area contributed by atoms with Crippen LogP contribution < -0.4 is 0 Å². The number of carbonyl (C=O) groups excluding carboxylic acids is 1. The van der Waals surface area contributed by atoms with Gasteiger partial charge in [0.05, 0.1) is 0 Å². The molecule has 0 heterocycles. The molecule has 0 amide bonds. The summed E-state index contributed by atoms with van der Waals surface area (Å²) in [5.41, 5.74) is 0.0308. The summed E-state index contributed by atoms with van der Waals surface area (Å²) in [5, 5.41) is 0. The Morgan fingerprint density at radius 3 is 1.78 bits per heavy atom. The Bertz CT molecular complexity index is 429. The van der Waals surface area contributed by atoms with Crippen LogP contribution in [0.4, 0.5) is 0 Å². The first-order valence-corrected chi connectivity index (χ1v) is 10.8. The summed E-state index contributed by atoms with van der Waals surface area (Å²) in [4.78, 5) is 12.9. The van der Waals surface area contributed by atoms with Crippen LogP contribution in [0.5, 0.6) is 0 Å². The van der Waals surface area contributed by atoms with E-state index >= 15 is 0 Å². The van der Waals surface area contributed by atoms with Crippen LogP contribution in [0, 0.1) is 23.2 Å². The molecule has 4 saturated carbocycles. The van der Waals surface area contributed by atoms with Crippen LogP contribution in [0.2, 0.25) is 0 Å². The third-order valence-electron chi connectivity index (χ3n) is 7.52. The molecule has 4 bridgehead atoms. The Labute approximate surface area is 155 Å². The molecule has 1 atom stereocenters. The third kappa shape index (κ3) is 2.87. The highest BCUT2D eigenvalue weighted by molar-refractivity contribution is 14.1. The minimum atomic E-state index is -0.393. The highest BCUT2D eigenvalue weighted by Gasteiger charge is 2.61. The molecular weight excluding hydrogens is 399 g/mol. The van der Waals surface area contributed by atoms with Gasteiger partial charge in [0.25, 0.3) is 0 Å². The summed E-state index contributed by atoms with van der Waals surface area (Å²) in [7, 11) is 0. The number of rotatable bonds is 6. The fraction of sp³-hybridized carbons (Fsp3) is 0.950. The van der Waals surface area contributed by atoms with Gasteiger partial charge >= 0.3 is 5.97 Å². The number of halogens is 1. The topological polar surface area (TPSA) is 26.3 Å². The van der Waals surface area contributed by atoms with Crippen molar-refractivity contribution in [1.29, 1.82) is 0 Å². The summed E-state index contributed by atoms with van der Waals surface area (Å²) in [6.45, 7) is 8.58. The second-order valence-corrected chi connectivity index (χ2v) is 11.2. The van der Waals surface area contributed by atoms with Gasteiger partial charge in [0, 0.05) is 5.41 Å². The van der Waals surface area contributed by atoms with Gasteiger partial charge in [-0.25, -0.2) is 0 Å². The summed E-state index contributed by atoms with van der Waals surface area (Å²) in [6, 6.07) is 0. The highest BCUT2D eigenvalue weighted by atomic mass is 127. The molecule has 4 aliphatic carbocycles. The molecule has 132 valence electrons. The maximum absolute atomic E-state index is 12.9. The van der Waals surface area contributed by atoms with Crippen molar-refractivity contribution in [2.24, 2.45) is 23.2 Å². The number of ether oxygens (including phenoxy) is 1. The second kappa shape index (κ2) is 6.17. The fourth-order valence-corrected chi connectivity index (χ4v) is 6.46. The van der Waals surface area contributed by atoms with Crippen LogP contribution in [0.3, 0.4) is 0 Å². The van der Waals surface area contributed by atoms with Crippen molar-refractivity contribution in [3.8, 4) is 0 Å². The Kier molecular flexibility index (Phi) is 4.83. The molecule has 1 unspecified atom stereocenters. The maximum atomic E-state index is 12.9. The second-order valence-electron chi connectivity index (χ2n) is 8.84. The van der Waals surface area contributed by atoms with Crippen molar-refractivity contribution in [2.45, 2.75) is 94.5 Å². The van der Waals surface area contributed by atoms with E-state index in [0.717, 1.165) is 37.0 Å². The van der Waals surface area contributed by atoms with Crippen molar-refractivity contribution in [3.63, 3.8) is 0 Å². The monoisotopic (exact) mass is 432 g/mol. The lowest BCUT2D eigenvalue weighted by atomic mass is 9.44. The van der Waals surface area contributed by atoms with E-state index in [2.05, 4.69) is 43.4 Å². The fourth-order valence-electron chi connectivity index (χ4n) is 6.35. The quantitative estimate of drug-likeness (QED) is 0.296. The first-order valence-electron chi connectivity index (χ1n) is 9.72. The van der Waals surface area contributed by atoms with Gasteiger partial charge in [-0.05, 0) is 82.5 Å². The molecular formula is C20H33IO2. The number of hydrogen-bond donors (Lipinski definition) is 0. The lowest BCUT2D eigenvalue weighted by Crippen LogP contribution is -2.60. The smallest absolute Gasteiger partial charge is 0.322 e. The molecule has 0 saturated heterocycles. The zero-order chi connectivity index (χ0) is 16.9. The highest BCUT2D eigenvalue weighted by Crippen LogP contribution is 2.65. The number of hydrogen-bond acceptors (Lipinski definition) is 2. The molecule has 4 fully saturated rings. The lowest BCUT2D eigenvalue weighted by Gasteiger charge is -2.63. The van der Waals surface area contributed by atoms with Gasteiger partial charge in [-0.3, -0.25) is 4.79 Å². The van der Waals surface area contributed by atoms with Gasteiger partial charge in [-0.2, -0.15) is 0 Å². The van der Waals surface area contributed by atoms with Crippen LogP contribution in [0.1, 0.15) is 85.5 Å². The van der Waals surface area contributed by atoms with E-state index in [0.29, 0.717) is 0 Å². The minimum Gasteiger partial charge on any atom is -0.458 e. The van der Waals surface area contributed by atoms with Crippen molar-refractivity contribution < 1.29 is 9.53 Å². The average Bonchev–Trinajstić information content (AvgIpc) is 2.50. The first kappa shape index (κ1) is 18.0. The summed E-state index contributed by atoms with van der Waals surface area (Å²) in [5.74, 6) is 2.71. The molecule has 0 aromatic heterocycles. The van der Waals surface area contributed by atoms with E-state index in [4.69, 9.17) is 4.74 Å². The molecule has 23 heavy (non-hydrogen) atoms. The van der Waals surface area contributed by atoms with Crippen LogP contribution in [-0.4, -0.2) is 15.0 Å². The van der Waals surface area contributed by atoms with Gasteiger partial charge in [-0.1, -0.05) is 43.4 Å². The van der Waals surface area contributed by atoms with E-state index in [1.54, 1.807) is 0 Å². The summed E-state index contributed by atoms with van der Waals surface area (Å²) in [6.07, 6.45) is 11.0. The standard InChI is InChI=1S/C20H33IO2/c1-5-18(4,21)17(22)23-20(6-2,7-3)19-11-14-8-15(12-19)10-16(9-14)13-19/h14-16H,5-13H2,1-4H3. The molecule has 4 rings (SSSR count). The van der Waals surface area contributed by atoms with E-state index in [1.165, 1.54) is 38.5 Å². The minimum absolute atomic E-state index is 0.0139. The van der Waals surface area contributed by atoms with Crippen LogP contribution in [-0.2, 0) is 9.53 Å². The van der Waals surface area contributed by atoms with Gasteiger partial charge in [0.15, 0.2) is 0 Å². The Balaban J connectivity index is 1.90. The SMILES string of the molecule is CCC(C)(I)C(=O)OC(CC)(CC)C12CC3CC(CC(C3)C1)C2. The Morgan fingerprint density at radius 2 is 1.43 bits per heavy atom. The molecule has 0 aromatic rings. The molecule has 0 aliphatic heterocycles. The van der Waals surface area contributed by atoms with Gasteiger partial charge in [-0.15, -0.1) is 0 Å². The number of esters is 1. The molecule has 0 radical (unpaired) electrons. The average molecular weight is 432 g/mol. The third-order valence-corrected chi connectivity index (χ3v) is 8.73. The van der Waals surface area contributed by atoms with Crippen molar-refractivity contribution in [1.82, 2.24) is 0 Å². The molecule has 2 nitrogen and oxygen atoms in total.